The number of carbonyl (C=O) groups excluding carboxylic acids is 1. The molecular formula is C23H27N3O2. The molecule has 1 atom stereocenters. The Morgan fingerprint density at radius 3 is 2.50 bits per heavy atom. The Kier molecular flexibility index (Phi) is 6.24. The number of fused-ring (bicyclic) bond motifs is 1. The number of hydrogen-bond donors (Lipinski definition) is 1. The van der Waals surface area contributed by atoms with Crippen LogP contribution >= 0.6 is 0 Å². The highest BCUT2D eigenvalue weighted by Gasteiger charge is 2.19. The Bertz CT molecular complexity index is 1010. The summed E-state index contributed by atoms with van der Waals surface area (Å²) in [7, 11) is 0. The van der Waals surface area contributed by atoms with Crippen LogP contribution in [-0.4, -0.2) is 15.5 Å². The Hall–Kier alpha value is -2.95. The van der Waals surface area contributed by atoms with Crippen molar-refractivity contribution in [1.29, 1.82) is 0 Å². The standard InChI is InChI=1S/C23H27N3O2/c1-4-7-17-10-12-18(13-11-17)23(16(2)3)25-21(27)15-26-20-9-6-5-8-19(20)24-14-22(26)28/h5-6,8-14,16,23H,4,7,15H2,1-3H3,(H,25,27)/t23-/m1/s1. The zero-order chi connectivity index (χ0) is 20.1. The van der Waals surface area contributed by atoms with Crippen molar-refractivity contribution in [3.05, 3.63) is 76.2 Å². The van der Waals surface area contributed by atoms with E-state index in [1.165, 1.54) is 16.3 Å². The summed E-state index contributed by atoms with van der Waals surface area (Å²) in [5.74, 6) is 0.0432. The lowest BCUT2D eigenvalue weighted by molar-refractivity contribution is -0.122. The molecule has 1 heterocycles. The second kappa shape index (κ2) is 8.83. The molecule has 0 saturated heterocycles. The molecule has 0 bridgehead atoms. The lowest BCUT2D eigenvalue weighted by Crippen LogP contribution is -2.36. The second-order valence-corrected chi connectivity index (χ2v) is 7.45. The maximum atomic E-state index is 12.8. The predicted molar refractivity (Wildman–Crippen MR) is 112 cm³/mol. The Balaban J connectivity index is 1.80. The molecule has 0 unspecified atom stereocenters. The van der Waals surface area contributed by atoms with Crippen LogP contribution in [-0.2, 0) is 17.8 Å². The molecule has 5 heteroatoms. The molecule has 0 aliphatic carbocycles. The first kappa shape index (κ1) is 19.8. The van der Waals surface area contributed by atoms with Gasteiger partial charge in [0.25, 0.3) is 5.56 Å². The van der Waals surface area contributed by atoms with Crippen LogP contribution in [0.3, 0.4) is 0 Å². The van der Waals surface area contributed by atoms with Crippen molar-refractivity contribution in [1.82, 2.24) is 14.9 Å². The van der Waals surface area contributed by atoms with Crippen LogP contribution in [0.25, 0.3) is 11.0 Å². The van der Waals surface area contributed by atoms with Gasteiger partial charge in [-0.1, -0.05) is 63.6 Å². The molecule has 3 aromatic rings. The number of amides is 1. The van der Waals surface area contributed by atoms with Gasteiger partial charge >= 0.3 is 0 Å². The highest BCUT2D eigenvalue weighted by Crippen LogP contribution is 2.22. The molecule has 0 saturated carbocycles. The van der Waals surface area contributed by atoms with Gasteiger partial charge in [0.2, 0.25) is 5.91 Å². The van der Waals surface area contributed by atoms with Gasteiger partial charge in [-0.15, -0.1) is 0 Å². The average molecular weight is 377 g/mol. The minimum atomic E-state index is -0.279. The van der Waals surface area contributed by atoms with Crippen LogP contribution < -0.4 is 10.9 Å². The number of hydrogen-bond acceptors (Lipinski definition) is 3. The topological polar surface area (TPSA) is 64.0 Å². The van der Waals surface area contributed by atoms with E-state index in [0.29, 0.717) is 11.0 Å². The van der Waals surface area contributed by atoms with Gasteiger partial charge in [0.05, 0.1) is 23.3 Å². The minimum Gasteiger partial charge on any atom is -0.347 e. The molecule has 0 spiro atoms. The van der Waals surface area contributed by atoms with Crippen molar-refractivity contribution in [2.24, 2.45) is 5.92 Å². The lowest BCUT2D eigenvalue weighted by Gasteiger charge is -2.23. The van der Waals surface area contributed by atoms with Gasteiger partial charge in [0, 0.05) is 0 Å². The van der Waals surface area contributed by atoms with Gasteiger partial charge in [0.1, 0.15) is 6.54 Å². The number of carbonyl (C=O) groups is 1. The van der Waals surface area contributed by atoms with Crippen LogP contribution in [0.5, 0.6) is 0 Å². The van der Waals surface area contributed by atoms with Crippen LogP contribution in [0, 0.1) is 5.92 Å². The SMILES string of the molecule is CCCc1ccc([C@H](NC(=O)Cn2c(=O)cnc3ccccc32)C(C)C)cc1. The van der Waals surface area contributed by atoms with E-state index in [9.17, 15) is 9.59 Å². The molecule has 0 aliphatic rings. The summed E-state index contributed by atoms with van der Waals surface area (Å²) in [6.45, 7) is 6.30. The summed E-state index contributed by atoms with van der Waals surface area (Å²) in [5.41, 5.74) is 3.46. The van der Waals surface area contributed by atoms with Crippen molar-refractivity contribution < 1.29 is 4.79 Å². The number of rotatable bonds is 7. The van der Waals surface area contributed by atoms with Crippen molar-refractivity contribution in [3.8, 4) is 0 Å². The van der Waals surface area contributed by atoms with Gasteiger partial charge in [-0.2, -0.15) is 0 Å². The largest absolute Gasteiger partial charge is 0.347 e. The van der Waals surface area contributed by atoms with Gasteiger partial charge in [-0.3, -0.25) is 14.2 Å². The Morgan fingerprint density at radius 2 is 1.82 bits per heavy atom. The summed E-state index contributed by atoms with van der Waals surface area (Å²) >= 11 is 0. The first-order chi connectivity index (χ1) is 13.5. The minimum absolute atomic E-state index is 0.0288. The van der Waals surface area contributed by atoms with E-state index in [1.54, 1.807) is 0 Å². The van der Waals surface area contributed by atoms with Gasteiger partial charge in [-0.05, 0) is 35.6 Å². The molecule has 1 amide bonds. The normalized spacial score (nSPS) is 12.3. The van der Waals surface area contributed by atoms with Crippen molar-refractivity contribution in [2.75, 3.05) is 0 Å². The fraction of sp³-hybridized carbons (Fsp3) is 0.348. The third-order valence-corrected chi connectivity index (χ3v) is 4.92. The molecule has 5 nitrogen and oxygen atoms in total. The summed E-state index contributed by atoms with van der Waals surface area (Å²) < 4.78 is 1.47. The molecule has 1 N–H and O–H groups in total. The molecule has 3 rings (SSSR count). The Morgan fingerprint density at radius 1 is 1.11 bits per heavy atom. The quantitative estimate of drug-likeness (QED) is 0.680. The van der Waals surface area contributed by atoms with Crippen LogP contribution in [0.4, 0.5) is 0 Å². The van der Waals surface area contributed by atoms with E-state index in [2.05, 4.69) is 55.3 Å². The van der Waals surface area contributed by atoms with Crippen LogP contribution in [0.15, 0.2) is 59.5 Å². The zero-order valence-corrected chi connectivity index (χ0v) is 16.7. The van der Waals surface area contributed by atoms with Crippen LogP contribution in [0.2, 0.25) is 0 Å². The van der Waals surface area contributed by atoms with Crippen molar-refractivity contribution in [2.45, 2.75) is 46.2 Å². The van der Waals surface area contributed by atoms with E-state index < -0.39 is 0 Å². The first-order valence-corrected chi connectivity index (χ1v) is 9.82. The summed E-state index contributed by atoms with van der Waals surface area (Å²) in [6, 6.07) is 15.7. The van der Waals surface area contributed by atoms with E-state index in [-0.39, 0.29) is 30.0 Å². The van der Waals surface area contributed by atoms with E-state index in [4.69, 9.17) is 0 Å². The molecule has 0 radical (unpaired) electrons. The first-order valence-electron chi connectivity index (χ1n) is 9.82. The highest BCUT2D eigenvalue weighted by molar-refractivity contribution is 5.80. The maximum Gasteiger partial charge on any atom is 0.269 e. The molecule has 2 aromatic carbocycles. The number of nitrogens with one attached hydrogen (secondary N) is 1. The van der Waals surface area contributed by atoms with Crippen LogP contribution in [0.1, 0.15) is 44.4 Å². The number of benzene rings is 2. The average Bonchev–Trinajstić information content (AvgIpc) is 2.69. The van der Waals surface area contributed by atoms with E-state index >= 15 is 0 Å². The molecule has 146 valence electrons. The third kappa shape index (κ3) is 4.47. The summed E-state index contributed by atoms with van der Waals surface area (Å²) in [6.07, 6.45) is 3.43. The second-order valence-electron chi connectivity index (χ2n) is 7.45. The number of para-hydroxylation sites is 2. The molecular weight excluding hydrogens is 350 g/mol. The lowest BCUT2D eigenvalue weighted by atomic mass is 9.94. The Labute approximate surface area is 165 Å². The summed E-state index contributed by atoms with van der Waals surface area (Å²) in [5, 5.41) is 3.11. The van der Waals surface area contributed by atoms with E-state index in [0.717, 1.165) is 18.4 Å². The van der Waals surface area contributed by atoms with E-state index in [1.807, 2.05) is 24.3 Å². The van der Waals surface area contributed by atoms with Gasteiger partial charge in [0.15, 0.2) is 0 Å². The number of aromatic nitrogens is 2. The number of nitrogens with zero attached hydrogens (tertiary/aromatic N) is 2. The maximum absolute atomic E-state index is 12.8. The monoisotopic (exact) mass is 377 g/mol. The van der Waals surface area contributed by atoms with Crippen molar-refractivity contribution >= 4 is 16.9 Å². The van der Waals surface area contributed by atoms with Gasteiger partial charge in [-0.25, -0.2) is 4.98 Å². The molecule has 0 fully saturated rings. The zero-order valence-electron chi connectivity index (χ0n) is 16.7. The molecule has 1 aromatic heterocycles. The fourth-order valence-electron chi connectivity index (χ4n) is 3.46. The van der Waals surface area contributed by atoms with Gasteiger partial charge < -0.3 is 5.32 Å². The summed E-state index contributed by atoms with van der Waals surface area (Å²) in [4.78, 5) is 29.2. The highest BCUT2D eigenvalue weighted by atomic mass is 16.2. The fourth-order valence-corrected chi connectivity index (χ4v) is 3.46. The third-order valence-electron chi connectivity index (χ3n) is 4.92. The smallest absolute Gasteiger partial charge is 0.269 e. The predicted octanol–water partition coefficient (Wildman–Crippen LogP) is 3.86. The number of aryl methyl sites for hydroxylation is 1. The van der Waals surface area contributed by atoms with Crippen molar-refractivity contribution in [3.63, 3.8) is 0 Å². The molecule has 28 heavy (non-hydrogen) atoms. The molecule has 0 aliphatic heterocycles.